The van der Waals surface area contributed by atoms with Gasteiger partial charge in [0, 0.05) is 29.5 Å². The Morgan fingerprint density at radius 3 is 2.37 bits per heavy atom. The molecule has 1 fully saturated rings. The van der Waals surface area contributed by atoms with Gasteiger partial charge in [0.25, 0.3) is 0 Å². The van der Waals surface area contributed by atoms with Crippen molar-refractivity contribution in [2.45, 2.75) is 12.1 Å². The number of benzene rings is 3. The summed E-state index contributed by atoms with van der Waals surface area (Å²) in [5.41, 5.74) is 4.18. The highest BCUT2D eigenvalue weighted by Gasteiger charge is 2.42. The Kier molecular flexibility index (Phi) is 5.43. The molecule has 5 nitrogen and oxygen atoms in total. The highest BCUT2D eigenvalue weighted by atomic mass is 32.1. The van der Waals surface area contributed by atoms with Crippen LogP contribution in [0.15, 0.2) is 109 Å². The molecule has 6 rings (SSSR count). The van der Waals surface area contributed by atoms with Crippen LogP contribution in [0.4, 0.5) is 5.69 Å². The number of pyridine rings is 1. The lowest BCUT2D eigenvalue weighted by atomic mass is 10.0. The predicted octanol–water partition coefficient (Wildman–Crippen LogP) is 6.21. The van der Waals surface area contributed by atoms with Crippen LogP contribution in [0.2, 0.25) is 0 Å². The second-order valence-electron chi connectivity index (χ2n) is 8.53. The van der Waals surface area contributed by atoms with Crippen LogP contribution in [0.1, 0.15) is 23.5 Å². The van der Waals surface area contributed by atoms with Gasteiger partial charge in [0.1, 0.15) is 11.8 Å². The van der Waals surface area contributed by atoms with E-state index < -0.39 is 0 Å². The predicted molar refractivity (Wildman–Crippen MR) is 144 cm³/mol. The Hall–Kier alpha value is -4.16. The number of thiocarbonyl (C=S) groups is 1. The van der Waals surface area contributed by atoms with Crippen LogP contribution in [0, 0.1) is 0 Å². The maximum absolute atomic E-state index is 5.88. The fraction of sp³-hybridized carbons (Fsp3) is 0.103. The summed E-state index contributed by atoms with van der Waals surface area (Å²) in [6.07, 6.45) is 3.94. The van der Waals surface area contributed by atoms with Gasteiger partial charge in [0.15, 0.2) is 5.11 Å². The molecule has 0 amide bonds. The van der Waals surface area contributed by atoms with E-state index in [2.05, 4.69) is 80.6 Å². The van der Waals surface area contributed by atoms with Gasteiger partial charge in [-0.1, -0.05) is 36.4 Å². The van der Waals surface area contributed by atoms with Crippen molar-refractivity contribution < 1.29 is 4.74 Å². The molecule has 3 heterocycles. The Bertz CT molecular complexity index is 1500. The first-order chi connectivity index (χ1) is 17.2. The van der Waals surface area contributed by atoms with Gasteiger partial charge in [-0.05, 0) is 83.7 Å². The maximum Gasteiger partial charge on any atom is 0.174 e. The normalized spacial score (nSPS) is 17.5. The number of aromatic nitrogens is 2. The highest BCUT2D eigenvalue weighted by molar-refractivity contribution is 7.80. The summed E-state index contributed by atoms with van der Waals surface area (Å²) in [4.78, 5) is 6.86. The average molecular weight is 477 g/mol. The van der Waals surface area contributed by atoms with Crippen molar-refractivity contribution in [2.75, 3.05) is 12.0 Å². The van der Waals surface area contributed by atoms with Gasteiger partial charge in [-0.2, -0.15) is 0 Å². The number of hydrogen-bond acceptors (Lipinski definition) is 3. The number of fused-ring (bicyclic) bond motifs is 1. The molecule has 172 valence electrons. The number of hydrogen-bond donors (Lipinski definition) is 1. The summed E-state index contributed by atoms with van der Waals surface area (Å²) >= 11 is 5.88. The van der Waals surface area contributed by atoms with Gasteiger partial charge in [-0.25, -0.2) is 0 Å². The Balaban J connectivity index is 1.50. The monoisotopic (exact) mass is 476 g/mol. The zero-order chi connectivity index (χ0) is 23.8. The molecule has 6 heteroatoms. The first-order valence-corrected chi connectivity index (χ1v) is 11.9. The van der Waals surface area contributed by atoms with E-state index in [1.807, 2.05) is 48.7 Å². The van der Waals surface area contributed by atoms with Gasteiger partial charge in [0.05, 0.1) is 18.8 Å². The summed E-state index contributed by atoms with van der Waals surface area (Å²) in [6.45, 7) is 0. The largest absolute Gasteiger partial charge is 0.497 e. The van der Waals surface area contributed by atoms with E-state index in [1.54, 1.807) is 7.11 Å². The second-order valence-corrected chi connectivity index (χ2v) is 8.92. The molecule has 2 atom stereocenters. The topological polar surface area (TPSA) is 42.3 Å². The molecular formula is C29H24N4OS. The van der Waals surface area contributed by atoms with E-state index in [0.29, 0.717) is 5.11 Å². The lowest BCUT2D eigenvalue weighted by Gasteiger charge is -2.29. The Labute approximate surface area is 209 Å². The smallest absolute Gasteiger partial charge is 0.174 e. The van der Waals surface area contributed by atoms with Gasteiger partial charge in [-0.3, -0.25) is 4.98 Å². The summed E-state index contributed by atoms with van der Waals surface area (Å²) in [7, 11) is 1.67. The van der Waals surface area contributed by atoms with Crippen molar-refractivity contribution in [2.24, 2.45) is 0 Å². The molecule has 35 heavy (non-hydrogen) atoms. The average Bonchev–Trinajstić information content (AvgIpc) is 3.53. The molecule has 0 aliphatic carbocycles. The SMILES string of the molecule is COc1ccc(N2C(=S)N[C@@H](c3ccccn3)[C@@H]2c2cccn2-c2ccc3ccccc3c2)cc1. The molecular weight excluding hydrogens is 452 g/mol. The van der Waals surface area contributed by atoms with Crippen LogP contribution < -0.4 is 15.0 Å². The molecule has 1 N–H and O–H groups in total. The molecule has 1 aliphatic heterocycles. The molecule has 0 spiro atoms. The van der Waals surface area contributed by atoms with Gasteiger partial charge in [0.2, 0.25) is 0 Å². The van der Waals surface area contributed by atoms with Crippen LogP contribution in [0.25, 0.3) is 16.5 Å². The lowest BCUT2D eigenvalue weighted by Crippen LogP contribution is -2.30. The summed E-state index contributed by atoms with van der Waals surface area (Å²) in [5.74, 6) is 0.809. The number of anilines is 1. The van der Waals surface area contributed by atoms with Crippen molar-refractivity contribution >= 4 is 33.8 Å². The zero-order valence-corrected chi connectivity index (χ0v) is 20.0. The minimum atomic E-state index is -0.111. The molecule has 1 aliphatic rings. The molecule has 1 saturated heterocycles. The van der Waals surface area contributed by atoms with Crippen LogP contribution in [-0.2, 0) is 0 Å². The highest BCUT2D eigenvalue weighted by Crippen LogP contribution is 2.42. The van der Waals surface area contributed by atoms with E-state index in [4.69, 9.17) is 17.0 Å². The van der Waals surface area contributed by atoms with Gasteiger partial charge < -0.3 is 19.5 Å². The van der Waals surface area contributed by atoms with Crippen molar-refractivity contribution in [3.8, 4) is 11.4 Å². The third-order valence-corrected chi connectivity index (χ3v) is 6.86. The minimum absolute atomic E-state index is 0.104. The second kappa shape index (κ2) is 8.89. The van der Waals surface area contributed by atoms with Crippen LogP contribution in [0.5, 0.6) is 5.75 Å². The molecule has 2 aromatic heterocycles. The molecule has 0 bridgehead atoms. The Morgan fingerprint density at radius 1 is 0.829 bits per heavy atom. The number of rotatable bonds is 5. The lowest BCUT2D eigenvalue weighted by molar-refractivity contribution is 0.415. The number of methoxy groups -OCH3 is 1. The fourth-order valence-corrected chi connectivity index (χ4v) is 5.22. The van der Waals surface area contributed by atoms with E-state index in [0.717, 1.165) is 28.5 Å². The van der Waals surface area contributed by atoms with Crippen LogP contribution >= 0.6 is 12.2 Å². The van der Waals surface area contributed by atoms with Gasteiger partial charge in [-0.15, -0.1) is 0 Å². The molecule has 0 saturated carbocycles. The zero-order valence-electron chi connectivity index (χ0n) is 19.2. The molecule has 3 aromatic carbocycles. The molecule has 0 radical (unpaired) electrons. The first-order valence-electron chi connectivity index (χ1n) is 11.5. The summed E-state index contributed by atoms with van der Waals surface area (Å²) < 4.78 is 7.63. The fourth-order valence-electron chi connectivity index (χ4n) is 4.87. The third-order valence-electron chi connectivity index (χ3n) is 6.54. The van der Waals surface area contributed by atoms with Gasteiger partial charge >= 0.3 is 0 Å². The van der Waals surface area contributed by atoms with Crippen molar-refractivity contribution in [1.29, 1.82) is 0 Å². The van der Waals surface area contributed by atoms with E-state index in [-0.39, 0.29) is 12.1 Å². The van der Waals surface area contributed by atoms with E-state index >= 15 is 0 Å². The maximum atomic E-state index is 5.88. The minimum Gasteiger partial charge on any atom is -0.497 e. The molecule has 0 unspecified atom stereocenters. The standard InChI is InChI=1S/C29H24N4OS/c1-34-24-15-13-22(14-16-24)33-28(27(31-29(33)35)25-9-4-5-17-30-25)26-10-6-18-32(26)23-12-11-20-7-2-3-8-21(20)19-23/h2-19,27-28H,1H3,(H,31,35)/t27-,28-/m0/s1. The number of ether oxygens (including phenoxy) is 1. The van der Waals surface area contributed by atoms with E-state index in [1.165, 1.54) is 10.8 Å². The van der Waals surface area contributed by atoms with Crippen molar-refractivity contribution in [1.82, 2.24) is 14.9 Å². The third kappa shape index (κ3) is 3.82. The Morgan fingerprint density at radius 2 is 1.60 bits per heavy atom. The van der Waals surface area contributed by atoms with Crippen molar-refractivity contribution in [3.63, 3.8) is 0 Å². The van der Waals surface area contributed by atoms with Crippen LogP contribution in [0.3, 0.4) is 0 Å². The first kappa shape index (κ1) is 21.4. The van der Waals surface area contributed by atoms with Crippen LogP contribution in [-0.4, -0.2) is 21.8 Å². The number of nitrogens with zero attached hydrogens (tertiary/aromatic N) is 3. The quantitative estimate of drug-likeness (QED) is 0.306. The molecule has 5 aromatic rings. The van der Waals surface area contributed by atoms with E-state index in [9.17, 15) is 0 Å². The number of nitrogens with one attached hydrogen (secondary N) is 1. The summed E-state index contributed by atoms with van der Waals surface area (Å²) in [5, 5.41) is 6.64. The summed E-state index contributed by atoms with van der Waals surface area (Å²) in [6, 6.07) is 33.1. The van der Waals surface area contributed by atoms with Crippen molar-refractivity contribution in [3.05, 3.63) is 121 Å².